The lowest BCUT2D eigenvalue weighted by atomic mass is 10.2. The van der Waals surface area contributed by atoms with E-state index in [9.17, 15) is 4.79 Å². The van der Waals surface area contributed by atoms with Crippen LogP contribution in [0.2, 0.25) is 0 Å². The number of anilines is 1. The Hall–Kier alpha value is -3.66. The van der Waals surface area contributed by atoms with E-state index in [-0.39, 0.29) is 5.91 Å². The molecule has 1 amide bonds. The summed E-state index contributed by atoms with van der Waals surface area (Å²) < 4.78 is 17.3. The fourth-order valence-corrected chi connectivity index (χ4v) is 2.94. The number of methoxy groups -OCH3 is 3. The number of hydrogen-bond acceptors (Lipinski definition) is 8. The lowest BCUT2D eigenvalue weighted by Crippen LogP contribution is -2.25. The molecule has 10 heteroatoms. The van der Waals surface area contributed by atoms with Crippen LogP contribution in [0.4, 0.5) is 5.82 Å². The van der Waals surface area contributed by atoms with Gasteiger partial charge in [0.1, 0.15) is 12.1 Å². The molecule has 10 nitrogen and oxygen atoms in total. The summed E-state index contributed by atoms with van der Waals surface area (Å²) in [6.07, 6.45) is 6.39. The molecular weight excluding hydrogens is 400 g/mol. The van der Waals surface area contributed by atoms with E-state index < -0.39 is 0 Å². The van der Waals surface area contributed by atoms with Crippen molar-refractivity contribution in [3.05, 3.63) is 42.4 Å². The molecule has 2 aromatic heterocycles. The highest BCUT2D eigenvalue weighted by atomic mass is 16.5. The van der Waals surface area contributed by atoms with Crippen molar-refractivity contribution in [1.29, 1.82) is 0 Å². The molecule has 2 N–H and O–H groups in total. The highest BCUT2D eigenvalue weighted by molar-refractivity contribution is 5.91. The summed E-state index contributed by atoms with van der Waals surface area (Å²) in [7, 11) is 4.79. The summed E-state index contributed by atoms with van der Waals surface area (Å²) in [5, 5.41) is 11.2. The second-order valence-corrected chi connectivity index (χ2v) is 6.49. The van der Waals surface area contributed by atoms with Gasteiger partial charge in [-0.25, -0.2) is 14.6 Å². The zero-order valence-electron chi connectivity index (χ0n) is 17.8. The number of nitrogens with one attached hydrogen (secondary N) is 2. The lowest BCUT2D eigenvalue weighted by molar-refractivity contribution is -0.116. The second-order valence-electron chi connectivity index (χ2n) is 6.49. The Morgan fingerprint density at radius 3 is 2.74 bits per heavy atom. The van der Waals surface area contributed by atoms with Crippen LogP contribution in [-0.4, -0.2) is 66.7 Å². The molecule has 0 radical (unpaired) electrons. The third-order valence-electron chi connectivity index (χ3n) is 4.49. The Kier molecular flexibility index (Phi) is 7.77. The normalized spacial score (nSPS) is 11.1. The number of carbonyl (C=O) groups is 1. The predicted molar refractivity (Wildman–Crippen MR) is 117 cm³/mol. The SMILES string of the molecule is COCCNc1ncnc2c1cnn2CCNC(=O)/C=C/c1ccc(OC)c(OC)c1. The topological polar surface area (TPSA) is 112 Å². The summed E-state index contributed by atoms with van der Waals surface area (Å²) in [6, 6.07) is 5.44. The van der Waals surface area contributed by atoms with Crippen LogP contribution in [0.1, 0.15) is 5.56 Å². The van der Waals surface area contributed by atoms with Gasteiger partial charge in [0, 0.05) is 26.3 Å². The molecule has 164 valence electrons. The summed E-state index contributed by atoms with van der Waals surface area (Å²) in [6.45, 7) is 2.09. The number of benzene rings is 1. The Bertz CT molecular complexity index is 1050. The monoisotopic (exact) mass is 426 g/mol. The van der Waals surface area contributed by atoms with E-state index in [1.807, 2.05) is 6.07 Å². The van der Waals surface area contributed by atoms with Crippen molar-refractivity contribution >= 4 is 28.8 Å². The van der Waals surface area contributed by atoms with Crippen LogP contribution in [0.25, 0.3) is 17.1 Å². The number of rotatable bonds is 11. The zero-order valence-corrected chi connectivity index (χ0v) is 17.8. The van der Waals surface area contributed by atoms with Gasteiger partial charge in [0.05, 0.1) is 39.0 Å². The van der Waals surface area contributed by atoms with Gasteiger partial charge >= 0.3 is 0 Å². The van der Waals surface area contributed by atoms with Crippen molar-refractivity contribution in [1.82, 2.24) is 25.1 Å². The van der Waals surface area contributed by atoms with E-state index in [0.29, 0.717) is 49.2 Å². The van der Waals surface area contributed by atoms with E-state index in [2.05, 4.69) is 25.7 Å². The predicted octanol–water partition coefficient (Wildman–Crippen LogP) is 1.73. The third-order valence-corrected chi connectivity index (χ3v) is 4.49. The van der Waals surface area contributed by atoms with Crippen LogP contribution in [0.15, 0.2) is 36.8 Å². The maximum absolute atomic E-state index is 12.2. The summed E-state index contributed by atoms with van der Waals surface area (Å²) in [4.78, 5) is 20.7. The van der Waals surface area contributed by atoms with Gasteiger partial charge in [0.2, 0.25) is 5.91 Å². The Morgan fingerprint density at radius 1 is 1.13 bits per heavy atom. The first-order chi connectivity index (χ1) is 15.2. The Balaban J connectivity index is 1.55. The van der Waals surface area contributed by atoms with E-state index in [4.69, 9.17) is 14.2 Å². The number of carbonyl (C=O) groups excluding carboxylic acids is 1. The van der Waals surface area contributed by atoms with Gasteiger partial charge in [-0.2, -0.15) is 5.10 Å². The Labute approximate surface area is 180 Å². The molecule has 0 fully saturated rings. The molecule has 0 spiro atoms. The molecular formula is C21H26N6O4. The second kappa shape index (κ2) is 10.9. The first-order valence-corrected chi connectivity index (χ1v) is 9.73. The molecule has 0 saturated carbocycles. The molecule has 0 saturated heterocycles. The van der Waals surface area contributed by atoms with E-state index in [1.54, 1.807) is 50.4 Å². The fraction of sp³-hybridized carbons (Fsp3) is 0.333. The molecule has 0 aliphatic heterocycles. The van der Waals surface area contributed by atoms with E-state index in [1.165, 1.54) is 12.4 Å². The first-order valence-electron chi connectivity index (χ1n) is 9.73. The molecule has 2 heterocycles. The van der Waals surface area contributed by atoms with E-state index in [0.717, 1.165) is 10.9 Å². The molecule has 0 aliphatic rings. The minimum Gasteiger partial charge on any atom is -0.493 e. The van der Waals surface area contributed by atoms with Gasteiger partial charge in [-0.05, 0) is 23.8 Å². The van der Waals surface area contributed by atoms with Crippen LogP contribution >= 0.6 is 0 Å². The van der Waals surface area contributed by atoms with Gasteiger partial charge in [-0.3, -0.25) is 4.79 Å². The van der Waals surface area contributed by atoms with Crippen LogP contribution < -0.4 is 20.1 Å². The van der Waals surface area contributed by atoms with E-state index >= 15 is 0 Å². The van der Waals surface area contributed by atoms with Crippen LogP contribution in [0.5, 0.6) is 11.5 Å². The highest BCUT2D eigenvalue weighted by Gasteiger charge is 2.09. The molecule has 31 heavy (non-hydrogen) atoms. The molecule has 1 aromatic carbocycles. The van der Waals surface area contributed by atoms with Gasteiger partial charge < -0.3 is 24.8 Å². The third kappa shape index (κ3) is 5.70. The largest absolute Gasteiger partial charge is 0.493 e. The molecule has 0 atom stereocenters. The zero-order chi connectivity index (χ0) is 22.1. The number of amides is 1. The van der Waals surface area contributed by atoms with Crippen LogP contribution in [-0.2, 0) is 16.1 Å². The lowest BCUT2D eigenvalue weighted by Gasteiger charge is -2.08. The summed E-state index contributed by atoms with van der Waals surface area (Å²) >= 11 is 0. The van der Waals surface area contributed by atoms with Gasteiger partial charge in [-0.15, -0.1) is 0 Å². The molecule has 3 aromatic rings. The number of hydrogen-bond donors (Lipinski definition) is 2. The average molecular weight is 426 g/mol. The first kappa shape index (κ1) is 22.0. The Morgan fingerprint density at radius 2 is 1.97 bits per heavy atom. The number of fused-ring (bicyclic) bond motifs is 1. The number of nitrogens with zero attached hydrogens (tertiary/aromatic N) is 4. The molecule has 0 bridgehead atoms. The van der Waals surface area contributed by atoms with Crippen molar-refractivity contribution in [2.75, 3.05) is 46.3 Å². The minimum absolute atomic E-state index is 0.206. The fourth-order valence-electron chi connectivity index (χ4n) is 2.94. The minimum atomic E-state index is -0.206. The van der Waals surface area contributed by atoms with Gasteiger partial charge in [0.25, 0.3) is 0 Å². The van der Waals surface area contributed by atoms with Crippen molar-refractivity contribution in [3.63, 3.8) is 0 Å². The maximum atomic E-state index is 12.2. The summed E-state index contributed by atoms with van der Waals surface area (Å²) in [5.41, 5.74) is 1.53. The smallest absolute Gasteiger partial charge is 0.244 e. The van der Waals surface area contributed by atoms with Crippen molar-refractivity contribution < 1.29 is 19.0 Å². The summed E-state index contributed by atoms with van der Waals surface area (Å²) in [5.74, 6) is 1.74. The quantitative estimate of drug-likeness (QED) is 0.352. The molecule has 0 aliphatic carbocycles. The van der Waals surface area contributed by atoms with Crippen LogP contribution in [0.3, 0.4) is 0 Å². The van der Waals surface area contributed by atoms with Gasteiger partial charge in [0.15, 0.2) is 17.1 Å². The molecule has 3 rings (SSSR count). The van der Waals surface area contributed by atoms with Crippen molar-refractivity contribution in [2.24, 2.45) is 0 Å². The van der Waals surface area contributed by atoms with Crippen molar-refractivity contribution in [2.45, 2.75) is 6.54 Å². The average Bonchev–Trinajstić information content (AvgIpc) is 3.21. The van der Waals surface area contributed by atoms with Crippen LogP contribution in [0, 0.1) is 0 Å². The van der Waals surface area contributed by atoms with Gasteiger partial charge in [-0.1, -0.05) is 6.07 Å². The number of ether oxygens (including phenoxy) is 3. The number of aromatic nitrogens is 4. The standard InChI is InChI=1S/C21H26N6O4/c1-29-11-9-23-20-16-13-26-27(21(16)25-14-24-20)10-8-22-19(28)7-5-15-4-6-17(30-2)18(12-15)31-3/h4-7,12-14H,8-11H2,1-3H3,(H,22,28)(H,23,24,25)/b7-5+. The van der Waals surface area contributed by atoms with Crippen molar-refractivity contribution in [3.8, 4) is 11.5 Å². The molecule has 0 unspecified atom stereocenters. The highest BCUT2D eigenvalue weighted by Crippen LogP contribution is 2.27. The maximum Gasteiger partial charge on any atom is 0.244 e.